The van der Waals surface area contributed by atoms with Crippen molar-refractivity contribution in [3.05, 3.63) is 82.0 Å². The molecule has 0 unspecified atom stereocenters. The molecule has 0 aliphatic heterocycles. The van der Waals surface area contributed by atoms with Crippen LogP contribution in [0, 0.1) is 13.8 Å². The molecule has 4 rings (SSSR count). The lowest BCUT2D eigenvalue weighted by Crippen LogP contribution is -2.31. The highest BCUT2D eigenvalue weighted by Gasteiger charge is 2.16. The van der Waals surface area contributed by atoms with E-state index in [-0.39, 0.29) is 24.1 Å². The number of carbonyl (C=O) groups is 1. The maximum absolute atomic E-state index is 12.4. The molecule has 0 fully saturated rings. The van der Waals surface area contributed by atoms with E-state index in [0.717, 1.165) is 27.6 Å². The van der Waals surface area contributed by atoms with Gasteiger partial charge in [0.2, 0.25) is 5.91 Å². The van der Waals surface area contributed by atoms with E-state index in [1.807, 2.05) is 25.1 Å². The van der Waals surface area contributed by atoms with Gasteiger partial charge in [0.25, 0.3) is 5.56 Å². The summed E-state index contributed by atoms with van der Waals surface area (Å²) in [4.78, 5) is 35.5. The van der Waals surface area contributed by atoms with E-state index in [2.05, 4.69) is 42.3 Å². The second kappa shape index (κ2) is 10.2. The smallest absolute Gasteiger partial charge is 0.251 e. The van der Waals surface area contributed by atoms with Gasteiger partial charge < -0.3 is 19.5 Å². The Bertz CT molecular complexity index is 1490. The minimum absolute atomic E-state index is 0.0203. The Labute approximate surface area is 210 Å². The molecule has 0 saturated heterocycles. The Balaban J connectivity index is 1.82. The fraction of sp³-hybridized carbons (Fsp3) is 0.286. The largest absolute Gasteiger partial charge is 0.496 e. The number of likely N-dealkylation sites (N-methyl/N-ethyl adjacent to an activating group) is 1. The van der Waals surface area contributed by atoms with Crippen LogP contribution < -0.4 is 15.6 Å². The van der Waals surface area contributed by atoms with Crippen LogP contribution in [0.25, 0.3) is 22.0 Å². The molecule has 0 aliphatic carbocycles. The summed E-state index contributed by atoms with van der Waals surface area (Å²) in [7, 11) is 4.93. The number of amides is 1. The van der Waals surface area contributed by atoms with Gasteiger partial charge in [-0.3, -0.25) is 9.59 Å². The predicted octanol–water partition coefficient (Wildman–Crippen LogP) is 4.35. The van der Waals surface area contributed by atoms with Crippen molar-refractivity contribution < 1.29 is 9.53 Å². The van der Waals surface area contributed by atoms with Crippen LogP contribution in [-0.4, -0.2) is 46.5 Å². The van der Waals surface area contributed by atoms with Gasteiger partial charge in [0.1, 0.15) is 23.9 Å². The fourth-order valence-electron chi connectivity index (χ4n) is 4.11. The van der Waals surface area contributed by atoms with E-state index in [1.165, 1.54) is 21.1 Å². The Morgan fingerprint density at radius 2 is 1.89 bits per heavy atom. The van der Waals surface area contributed by atoms with Crippen molar-refractivity contribution in [1.82, 2.24) is 19.4 Å². The number of aromatic nitrogens is 3. The maximum Gasteiger partial charge on any atom is 0.251 e. The number of methoxy groups -OCH3 is 1. The molecule has 1 atom stereocenters. The van der Waals surface area contributed by atoms with Gasteiger partial charge in [-0.25, -0.2) is 9.97 Å². The third-order valence-electron chi connectivity index (χ3n) is 6.12. The van der Waals surface area contributed by atoms with Crippen molar-refractivity contribution in [1.29, 1.82) is 0 Å². The van der Waals surface area contributed by atoms with Crippen LogP contribution >= 0.6 is 0 Å². The van der Waals surface area contributed by atoms with Gasteiger partial charge in [-0.1, -0.05) is 29.8 Å². The van der Waals surface area contributed by atoms with Gasteiger partial charge in [0, 0.05) is 55.0 Å². The van der Waals surface area contributed by atoms with Gasteiger partial charge in [-0.05, 0) is 38.5 Å². The Morgan fingerprint density at radius 1 is 1.11 bits per heavy atom. The number of hydrogen-bond donors (Lipinski definition) is 1. The molecule has 0 aliphatic rings. The Morgan fingerprint density at radius 3 is 2.58 bits per heavy atom. The second-order valence-corrected chi connectivity index (χ2v) is 9.14. The van der Waals surface area contributed by atoms with Gasteiger partial charge in [-0.2, -0.15) is 0 Å². The SMILES string of the molecule is COc1cc2nc(C)nc(N[C@H](C)c3cccc(C)c3)c2cc1-c1ccc(=O)n(CC(=O)N(C)C)c1. The number of benzene rings is 2. The number of hydrogen-bond acceptors (Lipinski definition) is 6. The van der Waals surface area contributed by atoms with E-state index in [4.69, 9.17) is 9.72 Å². The molecule has 0 bridgehead atoms. The monoisotopic (exact) mass is 485 g/mol. The molecule has 0 radical (unpaired) electrons. The summed E-state index contributed by atoms with van der Waals surface area (Å²) in [6, 6.07) is 15.4. The predicted molar refractivity (Wildman–Crippen MR) is 142 cm³/mol. The van der Waals surface area contributed by atoms with Gasteiger partial charge in [0.15, 0.2) is 0 Å². The number of aryl methyl sites for hydroxylation is 2. The molecule has 186 valence electrons. The number of fused-ring (bicyclic) bond motifs is 1. The molecule has 2 aromatic heterocycles. The van der Waals surface area contributed by atoms with Gasteiger partial charge >= 0.3 is 0 Å². The van der Waals surface area contributed by atoms with Crippen LogP contribution in [0.15, 0.2) is 59.5 Å². The van der Waals surface area contributed by atoms with Crippen molar-refractivity contribution in [3.63, 3.8) is 0 Å². The zero-order valence-electron chi connectivity index (χ0n) is 21.5. The molecular formula is C28H31N5O3. The maximum atomic E-state index is 12.4. The van der Waals surface area contributed by atoms with Crippen molar-refractivity contribution in [2.24, 2.45) is 0 Å². The standard InChI is InChI=1S/C28H31N5O3/c1-17-8-7-9-20(12-17)18(2)29-28-23-13-22(25(36-6)14-24(23)30-19(3)31-28)21-10-11-26(34)33(15-21)16-27(35)32(4)5/h7-15,18H,16H2,1-6H3,(H,29,30,31)/t18-/m1/s1. The molecule has 8 nitrogen and oxygen atoms in total. The quantitative estimate of drug-likeness (QED) is 0.419. The van der Waals surface area contributed by atoms with Crippen LogP contribution in [0.5, 0.6) is 5.75 Å². The normalized spacial score (nSPS) is 11.8. The topological polar surface area (TPSA) is 89.4 Å². The summed E-state index contributed by atoms with van der Waals surface area (Å²) < 4.78 is 7.11. The van der Waals surface area contributed by atoms with Crippen LogP contribution in [0.4, 0.5) is 5.82 Å². The highest BCUT2D eigenvalue weighted by atomic mass is 16.5. The van der Waals surface area contributed by atoms with E-state index in [9.17, 15) is 9.59 Å². The van der Waals surface area contributed by atoms with Crippen LogP contribution in [-0.2, 0) is 11.3 Å². The molecule has 36 heavy (non-hydrogen) atoms. The second-order valence-electron chi connectivity index (χ2n) is 9.14. The molecule has 1 N–H and O–H groups in total. The summed E-state index contributed by atoms with van der Waals surface area (Å²) in [5.41, 5.74) is 4.37. The lowest BCUT2D eigenvalue weighted by atomic mass is 10.0. The highest BCUT2D eigenvalue weighted by Crippen LogP contribution is 2.36. The first-order valence-corrected chi connectivity index (χ1v) is 11.8. The summed E-state index contributed by atoms with van der Waals surface area (Å²) in [6.07, 6.45) is 1.69. The number of anilines is 1. The first-order chi connectivity index (χ1) is 17.2. The third kappa shape index (κ3) is 5.22. The van der Waals surface area contributed by atoms with E-state index in [1.54, 1.807) is 33.5 Å². The summed E-state index contributed by atoms with van der Waals surface area (Å²) in [6.45, 7) is 5.99. The van der Waals surface area contributed by atoms with Gasteiger partial charge in [-0.15, -0.1) is 0 Å². The minimum atomic E-state index is -0.248. The van der Waals surface area contributed by atoms with E-state index < -0.39 is 0 Å². The number of pyridine rings is 1. The molecule has 0 saturated carbocycles. The lowest BCUT2D eigenvalue weighted by molar-refractivity contribution is -0.129. The molecule has 2 heterocycles. The van der Waals surface area contributed by atoms with Crippen LogP contribution in [0.1, 0.15) is 29.9 Å². The molecule has 4 aromatic rings. The number of nitrogens with one attached hydrogen (secondary N) is 1. The van der Waals surface area contributed by atoms with Crippen LogP contribution in [0.2, 0.25) is 0 Å². The first-order valence-electron chi connectivity index (χ1n) is 11.8. The zero-order chi connectivity index (χ0) is 26.0. The summed E-state index contributed by atoms with van der Waals surface area (Å²) in [5.74, 6) is 1.81. The summed E-state index contributed by atoms with van der Waals surface area (Å²) >= 11 is 0. The number of ether oxygens (including phenoxy) is 1. The van der Waals surface area contributed by atoms with E-state index >= 15 is 0 Å². The van der Waals surface area contributed by atoms with Crippen LogP contribution in [0.3, 0.4) is 0 Å². The average Bonchev–Trinajstić information content (AvgIpc) is 2.84. The zero-order valence-corrected chi connectivity index (χ0v) is 21.5. The molecule has 1 amide bonds. The number of rotatable bonds is 7. The first kappa shape index (κ1) is 24.9. The average molecular weight is 486 g/mol. The summed E-state index contributed by atoms with van der Waals surface area (Å²) in [5, 5.41) is 4.38. The molecule has 8 heteroatoms. The lowest BCUT2D eigenvalue weighted by Gasteiger charge is -2.19. The molecule has 2 aromatic carbocycles. The highest BCUT2D eigenvalue weighted by molar-refractivity contribution is 5.95. The molecular weight excluding hydrogens is 454 g/mol. The fourth-order valence-corrected chi connectivity index (χ4v) is 4.11. The number of carbonyl (C=O) groups excluding carboxylic acids is 1. The Kier molecular flexibility index (Phi) is 7.05. The third-order valence-corrected chi connectivity index (χ3v) is 6.12. The van der Waals surface area contributed by atoms with Crippen molar-refractivity contribution in [2.45, 2.75) is 33.4 Å². The molecule has 0 spiro atoms. The Hall–Kier alpha value is -4.20. The van der Waals surface area contributed by atoms with Crippen molar-refractivity contribution in [2.75, 3.05) is 26.5 Å². The van der Waals surface area contributed by atoms with Crippen molar-refractivity contribution in [3.8, 4) is 16.9 Å². The van der Waals surface area contributed by atoms with E-state index in [0.29, 0.717) is 17.4 Å². The van der Waals surface area contributed by atoms with Gasteiger partial charge in [0.05, 0.1) is 12.6 Å². The minimum Gasteiger partial charge on any atom is -0.496 e. The number of nitrogens with zero attached hydrogens (tertiary/aromatic N) is 4. The van der Waals surface area contributed by atoms with Crippen molar-refractivity contribution >= 4 is 22.6 Å².